The maximum absolute atomic E-state index is 11.3. The van der Waals surface area contributed by atoms with E-state index in [9.17, 15) is 8.42 Å². The van der Waals surface area contributed by atoms with Crippen molar-refractivity contribution in [2.75, 3.05) is 5.73 Å². The molecule has 1 aromatic carbocycles. The van der Waals surface area contributed by atoms with Crippen LogP contribution in [0.4, 0.5) is 5.69 Å². The Morgan fingerprint density at radius 2 is 2.06 bits per heavy atom. The Bertz CT molecular complexity index is 681. The number of anilines is 1. The normalized spacial score (nSPS) is 11.7. The van der Waals surface area contributed by atoms with E-state index in [1.54, 1.807) is 19.1 Å². The molecule has 4 N–H and O–H groups in total. The Balaban J connectivity index is 2.41. The first kappa shape index (κ1) is 12.9. The second-order valence-electron chi connectivity index (χ2n) is 3.40. The molecule has 0 saturated heterocycles. The molecule has 0 aliphatic heterocycles. The first-order valence-corrected chi connectivity index (χ1v) is 7.13. The quantitative estimate of drug-likeness (QED) is 0.798. The van der Waals surface area contributed by atoms with Gasteiger partial charge in [-0.2, -0.15) is 0 Å². The van der Waals surface area contributed by atoms with E-state index in [0.29, 0.717) is 10.8 Å². The number of aromatic nitrogens is 2. The second-order valence-corrected chi connectivity index (χ2v) is 5.93. The van der Waals surface area contributed by atoms with Crippen LogP contribution in [0, 0.1) is 6.92 Å². The van der Waals surface area contributed by atoms with E-state index in [0.717, 1.165) is 11.8 Å². The van der Waals surface area contributed by atoms with Gasteiger partial charge in [0.2, 0.25) is 15.9 Å². The van der Waals surface area contributed by atoms with E-state index >= 15 is 0 Å². The molecule has 9 heteroatoms. The highest BCUT2D eigenvalue weighted by molar-refractivity contribution is 7.99. The van der Waals surface area contributed by atoms with Crippen LogP contribution in [0.1, 0.15) is 5.89 Å². The number of sulfonamides is 1. The van der Waals surface area contributed by atoms with E-state index in [1.807, 2.05) is 0 Å². The lowest BCUT2D eigenvalue weighted by atomic mass is 10.3. The Kier molecular flexibility index (Phi) is 3.28. The average Bonchev–Trinajstić information content (AvgIpc) is 2.65. The summed E-state index contributed by atoms with van der Waals surface area (Å²) in [5.41, 5.74) is 5.82. The van der Waals surface area contributed by atoms with Gasteiger partial charge in [0.1, 0.15) is 4.90 Å². The second kappa shape index (κ2) is 4.59. The number of primary sulfonamides is 1. The first-order valence-electron chi connectivity index (χ1n) is 4.77. The summed E-state index contributed by atoms with van der Waals surface area (Å²) in [6.07, 6.45) is 0. The van der Waals surface area contributed by atoms with E-state index in [2.05, 4.69) is 10.2 Å². The third-order valence-corrected chi connectivity index (χ3v) is 3.92. The molecule has 1 aromatic heterocycles. The number of nitrogens with zero attached hydrogens (tertiary/aromatic N) is 2. The third-order valence-electron chi connectivity index (χ3n) is 2.04. The lowest BCUT2D eigenvalue weighted by Gasteiger charge is -2.06. The Hall–Kier alpha value is -1.58. The topological polar surface area (TPSA) is 125 Å². The highest BCUT2D eigenvalue weighted by atomic mass is 32.2. The van der Waals surface area contributed by atoms with Crippen LogP contribution in [-0.2, 0) is 10.0 Å². The van der Waals surface area contributed by atoms with E-state index in [4.69, 9.17) is 15.3 Å². The molecule has 1 heterocycles. The smallest absolute Gasteiger partial charge is 0.281 e. The summed E-state index contributed by atoms with van der Waals surface area (Å²) < 4.78 is 27.8. The van der Waals surface area contributed by atoms with Gasteiger partial charge in [-0.3, -0.25) is 0 Å². The van der Waals surface area contributed by atoms with Crippen LogP contribution in [0.15, 0.2) is 37.6 Å². The zero-order valence-corrected chi connectivity index (χ0v) is 11.0. The number of hydrogen-bond donors (Lipinski definition) is 2. The number of hydrogen-bond acceptors (Lipinski definition) is 7. The van der Waals surface area contributed by atoms with Crippen molar-refractivity contribution < 1.29 is 12.8 Å². The molecular weight excluding hydrogens is 276 g/mol. The molecule has 0 aliphatic carbocycles. The number of rotatable bonds is 3. The third kappa shape index (κ3) is 2.63. The molecule has 96 valence electrons. The predicted octanol–water partition coefficient (Wildman–Crippen LogP) is 0.759. The zero-order valence-electron chi connectivity index (χ0n) is 9.32. The minimum absolute atomic E-state index is 0.0702. The van der Waals surface area contributed by atoms with Crippen molar-refractivity contribution in [1.29, 1.82) is 0 Å². The van der Waals surface area contributed by atoms with Crippen molar-refractivity contribution in [3.63, 3.8) is 0 Å². The molecule has 7 nitrogen and oxygen atoms in total. The zero-order chi connectivity index (χ0) is 13.3. The largest absolute Gasteiger partial charge is 0.416 e. The summed E-state index contributed by atoms with van der Waals surface area (Å²) in [5, 5.41) is 12.8. The van der Waals surface area contributed by atoms with Crippen molar-refractivity contribution in [3.8, 4) is 0 Å². The first-order chi connectivity index (χ1) is 8.38. The molecule has 0 unspecified atom stereocenters. The summed E-state index contributed by atoms with van der Waals surface area (Å²) in [4.78, 5) is 0.369. The van der Waals surface area contributed by atoms with Gasteiger partial charge in [-0.05, 0) is 23.9 Å². The fourth-order valence-electron chi connectivity index (χ4n) is 1.27. The van der Waals surface area contributed by atoms with Gasteiger partial charge in [0.05, 0.1) is 5.69 Å². The van der Waals surface area contributed by atoms with Gasteiger partial charge < -0.3 is 10.2 Å². The number of para-hydroxylation sites is 1. The van der Waals surface area contributed by atoms with E-state index in [-0.39, 0.29) is 15.8 Å². The Morgan fingerprint density at radius 3 is 2.61 bits per heavy atom. The van der Waals surface area contributed by atoms with Gasteiger partial charge in [0.15, 0.2) is 0 Å². The van der Waals surface area contributed by atoms with Crippen molar-refractivity contribution in [1.82, 2.24) is 10.2 Å². The molecule has 0 spiro atoms. The molecule has 2 aromatic rings. The number of aryl methyl sites for hydroxylation is 1. The number of nitrogens with two attached hydrogens (primary N) is 2. The molecule has 0 saturated carbocycles. The highest BCUT2D eigenvalue weighted by Crippen LogP contribution is 2.34. The van der Waals surface area contributed by atoms with Crippen LogP contribution in [0.3, 0.4) is 0 Å². The van der Waals surface area contributed by atoms with Crippen LogP contribution < -0.4 is 10.9 Å². The Morgan fingerprint density at radius 1 is 1.33 bits per heavy atom. The predicted molar refractivity (Wildman–Crippen MR) is 65.4 cm³/mol. The fraction of sp³-hybridized carbons (Fsp3) is 0.111. The molecule has 0 atom stereocenters. The molecule has 2 rings (SSSR count). The summed E-state index contributed by atoms with van der Waals surface area (Å²) in [6.45, 7) is 1.65. The lowest BCUT2D eigenvalue weighted by molar-refractivity contribution is 0.429. The minimum atomic E-state index is -3.85. The maximum Gasteiger partial charge on any atom is 0.281 e. The minimum Gasteiger partial charge on any atom is -0.416 e. The highest BCUT2D eigenvalue weighted by Gasteiger charge is 2.16. The number of benzene rings is 1. The molecule has 0 bridgehead atoms. The standard InChI is InChI=1S/C9H10N4O3S2/c1-5-12-13-9(16-5)17-6-3-2-4-7(8(6)10)18(11,14)15/h2-4H,10H2,1H3,(H2,11,14,15). The van der Waals surface area contributed by atoms with Gasteiger partial charge in [-0.25, -0.2) is 13.6 Å². The van der Waals surface area contributed by atoms with Crippen LogP contribution in [0.5, 0.6) is 0 Å². The average molecular weight is 286 g/mol. The van der Waals surface area contributed by atoms with E-state index in [1.165, 1.54) is 6.07 Å². The van der Waals surface area contributed by atoms with Gasteiger partial charge in [0, 0.05) is 11.8 Å². The molecule has 0 radical (unpaired) electrons. The van der Waals surface area contributed by atoms with Gasteiger partial charge in [-0.1, -0.05) is 6.07 Å². The summed E-state index contributed by atoms with van der Waals surface area (Å²) in [6, 6.07) is 4.53. The summed E-state index contributed by atoms with van der Waals surface area (Å²) in [5.74, 6) is 0.415. The fourth-order valence-corrected chi connectivity index (χ4v) is 2.82. The Labute approximate surface area is 108 Å². The maximum atomic E-state index is 11.3. The van der Waals surface area contributed by atoms with Crippen LogP contribution >= 0.6 is 11.8 Å². The van der Waals surface area contributed by atoms with E-state index < -0.39 is 10.0 Å². The molecule has 18 heavy (non-hydrogen) atoms. The van der Waals surface area contributed by atoms with Gasteiger partial charge in [-0.15, -0.1) is 10.2 Å². The van der Waals surface area contributed by atoms with Crippen molar-refractivity contribution in [2.45, 2.75) is 21.9 Å². The van der Waals surface area contributed by atoms with Crippen molar-refractivity contribution in [2.24, 2.45) is 5.14 Å². The van der Waals surface area contributed by atoms with Crippen LogP contribution in [-0.4, -0.2) is 18.6 Å². The summed E-state index contributed by atoms with van der Waals surface area (Å²) in [7, 11) is -3.85. The monoisotopic (exact) mass is 286 g/mol. The molecule has 0 fully saturated rings. The van der Waals surface area contributed by atoms with Gasteiger partial charge in [0.25, 0.3) is 5.22 Å². The van der Waals surface area contributed by atoms with Gasteiger partial charge >= 0.3 is 0 Å². The lowest BCUT2D eigenvalue weighted by Crippen LogP contribution is -2.14. The molecule has 0 aliphatic rings. The molecular formula is C9H10N4O3S2. The molecule has 0 amide bonds. The van der Waals surface area contributed by atoms with Crippen molar-refractivity contribution >= 4 is 27.5 Å². The number of nitrogen functional groups attached to an aromatic ring is 1. The van der Waals surface area contributed by atoms with Crippen LogP contribution in [0.25, 0.3) is 0 Å². The SMILES string of the molecule is Cc1nnc(Sc2cccc(S(N)(=O)=O)c2N)o1. The van der Waals surface area contributed by atoms with Crippen molar-refractivity contribution in [3.05, 3.63) is 24.1 Å². The van der Waals surface area contributed by atoms with Crippen LogP contribution in [0.2, 0.25) is 0 Å². The summed E-state index contributed by atoms with van der Waals surface area (Å²) >= 11 is 1.08.